The van der Waals surface area contributed by atoms with E-state index in [1.807, 2.05) is 29.2 Å². The van der Waals surface area contributed by atoms with E-state index in [1.165, 1.54) is 5.56 Å². The van der Waals surface area contributed by atoms with Gasteiger partial charge in [-0.3, -0.25) is 9.69 Å². The van der Waals surface area contributed by atoms with Crippen molar-refractivity contribution < 1.29 is 14.3 Å². The zero-order valence-electron chi connectivity index (χ0n) is 17.4. The van der Waals surface area contributed by atoms with Gasteiger partial charge in [0.15, 0.2) is 11.5 Å². The van der Waals surface area contributed by atoms with E-state index >= 15 is 0 Å². The molecule has 1 amide bonds. The second kappa shape index (κ2) is 8.46. The molecule has 5 heteroatoms. The van der Waals surface area contributed by atoms with Gasteiger partial charge in [-0.05, 0) is 37.4 Å². The van der Waals surface area contributed by atoms with E-state index in [0.717, 1.165) is 56.8 Å². The molecule has 2 heterocycles. The number of hydrogen-bond acceptors (Lipinski definition) is 4. The summed E-state index contributed by atoms with van der Waals surface area (Å²) in [5, 5.41) is 0. The number of piperidine rings is 1. The summed E-state index contributed by atoms with van der Waals surface area (Å²) in [4.78, 5) is 18.0. The summed E-state index contributed by atoms with van der Waals surface area (Å²) in [5.74, 6) is 1.72. The maximum Gasteiger partial charge on any atom is 0.230 e. The Morgan fingerprint density at radius 3 is 2.52 bits per heavy atom. The zero-order valence-corrected chi connectivity index (χ0v) is 17.4. The number of hydrogen-bond donors (Lipinski definition) is 0. The van der Waals surface area contributed by atoms with Crippen LogP contribution in [0.15, 0.2) is 48.5 Å². The van der Waals surface area contributed by atoms with Gasteiger partial charge >= 0.3 is 0 Å². The first-order valence-corrected chi connectivity index (χ1v) is 10.4. The molecule has 0 unspecified atom stereocenters. The van der Waals surface area contributed by atoms with Crippen LogP contribution >= 0.6 is 0 Å². The van der Waals surface area contributed by atoms with E-state index in [1.54, 1.807) is 14.2 Å². The number of benzene rings is 2. The molecule has 5 nitrogen and oxygen atoms in total. The monoisotopic (exact) mass is 394 g/mol. The van der Waals surface area contributed by atoms with Gasteiger partial charge in [-0.2, -0.15) is 0 Å². The third kappa shape index (κ3) is 3.97. The summed E-state index contributed by atoms with van der Waals surface area (Å²) in [5.41, 5.74) is 2.07. The van der Waals surface area contributed by atoms with Crippen molar-refractivity contribution in [2.24, 2.45) is 5.41 Å². The second-order valence-corrected chi connectivity index (χ2v) is 8.21. The highest BCUT2D eigenvalue weighted by molar-refractivity contribution is 5.84. The van der Waals surface area contributed by atoms with Gasteiger partial charge in [0.1, 0.15) is 0 Å². The van der Waals surface area contributed by atoms with Crippen LogP contribution in [-0.2, 0) is 17.9 Å². The summed E-state index contributed by atoms with van der Waals surface area (Å²) < 4.78 is 11.0. The summed E-state index contributed by atoms with van der Waals surface area (Å²) >= 11 is 0. The Bertz CT molecular complexity index is 854. The summed E-state index contributed by atoms with van der Waals surface area (Å²) in [7, 11) is 3.29. The van der Waals surface area contributed by atoms with Crippen LogP contribution < -0.4 is 9.47 Å². The number of ether oxygens (including phenoxy) is 2. The molecule has 0 aliphatic carbocycles. The molecule has 0 radical (unpaired) electrons. The Morgan fingerprint density at radius 2 is 1.76 bits per heavy atom. The van der Waals surface area contributed by atoms with Crippen molar-refractivity contribution in [1.29, 1.82) is 0 Å². The van der Waals surface area contributed by atoms with Crippen LogP contribution in [0.3, 0.4) is 0 Å². The fraction of sp³-hybridized carbons (Fsp3) is 0.458. The molecule has 0 saturated carbocycles. The molecular weight excluding hydrogens is 364 g/mol. The third-order valence-corrected chi connectivity index (χ3v) is 6.35. The third-order valence-electron chi connectivity index (χ3n) is 6.35. The van der Waals surface area contributed by atoms with Crippen molar-refractivity contribution in [1.82, 2.24) is 9.80 Å². The quantitative estimate of drug-likeness (QED) is 0.749. The molecule has 2 aliphatic rings. The molecule has 154 valence electrons. The van der Waals surface area contributed by atoms with Crippen LogP contribution in [0, 0.1) is 5.41 Å². The lowest BCUT2D eigenvalue weighted by Gasteiger charge is -2.39. The summed E-state index contributed by atoms with van der Waals surface area (Å²) in [6, 6.07) is 16.4. The van der Waals surface area contributed by atoms with Gasteiger partial charge in [0.05, 0.1) is 19.6 Å². The lowest BCUT2D eigenvalue weighted by Crippen LogP contribution is -2.49. The van der Waals surface area contributed by atoms with Crippen molar-refractivity contribution >= 4 is 5.91 Å². The molecule has 0 bridgehead atoms. The van der Waals surface area contributed by atoms with Crippen molar-refractivity contribution in [3.8, 4) is 11.5 Å². The molecule has 0 N–H and O–H groups in total. The Morgan fingerprint density at radius 1 is 0.931 bits per heavy atom. The molecule has 2 aliphatic heterocycles. The first kappa shape index (κ1) is 19.8. The molecule has 2 saturated heterocycles. The second-order valence-electron chi connectivity index (χ2n) is 8.21. The lowest BCUT2D eigenvalue weighted by molar-refractivity contribution is -0.146. The van der Waals surface area contributed by atoms with Gasteiger partial charge in [0.25, 0.3) is 0 Å². The minimum absolute atomic E-state index is 0.237. The normalized spacial score (nSPS) is 22.3. The molecule has 0 aromatic heterocycles. The Hall–Kier alpha value is -2.53. The van der Waals surface area contributed by atoms with Crippen molar-refractivity contribution in [3.05, 3.63) is 59.7 Å². The number of carbonyl (C=O) groups excluding carboxylic acids is 1. The van der Waals surface area contributed by atoms with Crippen molar-refractivity contribution in [3.63, 3.8) is 0 Å². The Balaban J connectivity index is 1.47. The minimum atomic E-state index is -0.237. The van der Waals surface area contributed by atoms with Gasteiger partial charge in [0, 0.05) is 31.7 Å². The predicted octanol–water partition coefficient (Wildman–Crippen LogP) is 3.72. The highest BCUT2D eigenvalue weighted by Gasteiger charge is 2.48. The van der Waals surface area contributed by atoms with Crippen LogP contribution in [-0.4, -0.2) is 49.6 Å². The SMILES string of the molecule is COc1cccc(CN2CCC[C@@]3(CCN(Cc4ccccc4)C3)C2=O)c1OC. The lowest BCUT2D eigenvalue weighted by atomic mass is 9.78. The molecular formula is C24H30N2O3. The molecule has 2 aromatic rings. The van der Waals surface area contributed by atoms with Gasteiger partial charge in [0.2, 0.25) is 5.91 Å². The summed E-state index contributed by atoms with van der Waals surface area (Å²) in [6.45, 7) is 4.13. The van der Waals surface area contributed by atoms with E-state index in [9.17, 15) is 4.79 Å². The van der Waals surface area contributed by atoms with E-state index in [-0.39, 0.29) is 5.41 Å². The fourth-order valence-electron chi connectivity index (χ4n) is 4.90. The minimum Gasteiger partial charge on any atom is -0.493 e. The van der Waals surface area contributed by atoms with E-state index in [4.69, 9.17) is 9.47 Å². The van der Waals surface area contributed by atoms with Crippen LogP contribution in [0.5, 0.6) is 11.5 Å². The van der Waals surface area contributed by atoms with Gasteiger partial charge in [-0.1, -0.05) is 42.5 Å². The van der Waals surface area contributed by atoms with Crippen LogP contribution in [0.25, 0.3) is 0 Å². The van der Waals surface area contributed by atoms with Gasteiger partial charge < -0.3 is 14.4 Å². The summed E-state index contributed by atoms with van der Waals surface area (Å²) in [6.07, 6.45) is 2.99. The average Bonchev–Trinajstić information content (AvgIpc) is 3.15. The van der Waals surface area contributed by atoms with Gasteiger partial charge in [-0.15, -0.1) is 0 Å². The number of amides is 1. The number of likely N-dealkylation sites (tertiary alicyclic amines) is 2. The Kier molecular flexibility index (Phi) is 5.76. The number of rotatable bonds is 6. The topological polar surface area (TPSA) is 42.0 Å². The van der Waals surface area contributed by atoms with Crippen LogP contribution in [0.1, 0.15) is 30.4 Å². The largest absolute Gasteiger partial charge is 0.493 e. The van der Waals surface area contributed by atoms with E-state index in [2.05, 4.69) is 29.2 Å². The number of carbonyl (C=O) groups is 1. The standard InChI is InChI=1S/C24H30N2O3/c1-28-21-11-6-10-20(22(21)29-2)17-26-14-7-12-24(23(26)27)13-15-25(18-24)16-19-8-4-3-5-9-19/h3-6,8-11H,7,12-18H2,1-2H3/t24-/m0/s1. The predicted molar refractivity (Wildman–Crippen MR) is 113 cm³/mol. The highest BCUT2D eigenvalue weighted by atomic mass is 16.5. The van der Waals surface area contributed by atoms with Gasteiger partial charge in [-0.25, -0.2) is 0 Å². The maximum atomic E-state index is 13.5. The first-order chi connectivity index (χ1) is 14.1. The molecule has 29 heavy (non-hydrogen) atoms. The molecule has 1 atom stereocenters. The van der Waals surface area contributed by atoms with Crippen molar-refractivity contribution in [2.75, 3.05) is 33.9 Å². The molecule has 2 aromatic carbocycles. The van der Waals surface area contributed by atoms with Crippen molar-refractivity contribution in [2.45, 2.75) is 32.4 Å². The molecule has 4 rings (SSSR count). The van der Waals surface area contributed by atoms with Crippen LogP contribution in [0.2, 0.25) is 0 Å². The zero-order chi connectivity index (χ0) is 20.3. The van der Waals surface area contributed by atoms with E-state index in [0.29, 0.717) is 18.2 Å². The number of para-hydroxylation sites is 1. The molecule has 1 spiro atoms. The van der Waals surface area contributed by atoms with E-state index < -0.39 is 0 Å². The average molecular weight is 395 g/mol. The first-order valence-electron chi connectivity index (χ1n) is 10.4. The number of methoxy groups -OCH3 is 2. The highest BCUT2D eigenvalue weighted by Crippen LogP contribution is 2.41. The number of nitrogens with zero attached hydrogens (tertiary/aromatic N) is 2. The molecule has 2 fully saturated rings. The smallest absolute Gasteiger partial charge is 0.230 e. The fourth-order valence-corrected chi connectivity index (χ4v) is 4.90. The Labute approximate surface area is 173 Å². The van der Waals surface area contributed by atoms with Crippen LogP contribution in [0.4, 0.5) is 0 Å². The maximum absolute atomic E-state index is 13.5.